The van der Waals surface area contributed by atoms with Gasteiger partial charge in [0.05, 0.1) is 13.2 Å². The summed E-state index contributed by atoms with van der Waals surface area (Å²) in [6, 6.07) is -1.78. The minimum Gasteiger partial charge on any atom is -0.480 e. The number of urea groups is 1. The SMILES string of the molecule is C=CCCOCCNC(=O)NC(CCC(N)=O)C(=O)O. The highest BCUT2D eigenvalue weighted by Gasteiger charge is 2.20. The van der Waals surface area contributed by atoms with E-state index in [1.165, 1.54) is 0 Å². The van der Waals surface area contributed by atoms with Gasteiger partial charge < -0.3 is 26.2 Å². The second kappa shape index (κ2) is 10.8. The first kappa shape index (κ1) is 17.9. The molecule has 0 aromatic heterocycles. The number of amides is 3. The monoisotopic (exact) mass is 287 g/mol. The van der Waals surface area contributed by atoms with E-state index in [0.717, 1.165) is 6.42 Å². The van der Waals surface area contributed by atoms with Crippen molar-refractivity contribution in [1.82, 2.24) is 10.6 Å². The molecular weight excluding hydrogens is 266 g/mol. The number of primary amides is 1. The molecule has 8 nitrogen and oxygen atoms in total. The van der Waals surface area contributed by atoms with Crippen LogP contribution < -0.4 is 16.4 Å². The molecule has 0 bridgehead atoms. The van der Waals surface area contributed by atoms with Gasteiger partial charge in [-0.2, -0.15) is 0 Å². The van der Waals surface area contributed by atoms with E-state index in [-0.39, 0.29) is 19.4 Å². The van der Waals surface area contributed by atoms with Crippen LogP contribution in [0.4, 0.5) is 4.79 Å². The van der Waals surface area contributed by atoms with Crippen LogP contribution in [0.3, 0.4) is 0 Å². The maximum absolute atomic E-state index is 11.4. The lowest BCUT2D eigenvalue weighted by atomic mass is 10.1. The average molecular weight is 287 g/mol. The zero-order valence-electron chi connectivity index (χ0n) is 11.3. The predicted molar refractivity (Wildman–Crippen MR) is 72.0 cm³/mol. The van der Waals surface area contributed by atoms with Crippen molar-refractivity contribution in [2.45, 2.75) is 25.3 Å². The fraction of sp³-hybridized carbons (Fsp3) is 0.583. The normalized spacial score (nSPS) is 11.4. The van der Waals surface area contributed by atoms with Crippen molar-refractivity contribution in [3.8, 4) is 0 Å². The van der Waals surface area contributed by atoms with Crippen molar-refractivity contribution < 1.29 is 24.2 Å². The number of carboxylic acids is 1. The molecule has 0 aliphatic heterocycles. The Balaban J connectivity index is 3.86. The lowest BCUT2D eigenvalue weighted by Gasteiger charge is -2.14. The fourth-order valence-corrected chi connectivity index (χ4v) is 1.26. The lowest BCUT2D eigenvalue weighted by molar-refractivity contribution is -0.139. The third-order valence-corrected chi connectivity index (χ3v) is 2.28. The molecule has 0 aliphatic rings. The molecule has 114 valence electrons. The Kier molecular flexibility index (Phi) is 9.67. The number of hydrogen-bond acceptors (Lipinski definition) is 4. The summed E-state index contributed by atoms with van der Waals surface area (Å²) in [4.78, 5) is 32.9. The number of aliphatic carboxylic acids is 1. The molecule has 20 heavy (non-hydrogen) atoms. The summed E-state index contributed by atoms with van der Waals surface area (Å²) in [5, 5.41) is 13.6. The Morgan fingerprint density at radius 2 is 2.05 bits per heavy atom. The summed E-state index contributed by atoms with van der Waals surface area (Å²) in [7, 11) is 0. The van der Waals surface area contributed by atoms with E-state index >= 15 is 0 Å². The van der Waals surface area contributed by atoms with Crippen molar-refractivity contribution in [3.05, 3.63) is 12.7 Å². The number of carbonyl (C=O) groups excluding carboxylic acids is 2. The van der Waals surface area contributed by atoms with Crippen LogP contribution in [0.2, 0.25) is 0 Å². The molecule has 8 heteroatoms. The van der Waals surface area contributed by atoms with Gasteiger partial charge in [0.1, 0.15) is 6.04 Å². The summed E-state index contributed by atoms with van der Waals surface area (Å²) in [6.45, 7) is 4.63. The van der Waals surface area contributed by atoms with E-state index < -0.39 is 23.9 Å². The minimum absolute atomic E-state index is 0.0477. The van der Waals surface area contributed by atoms with Gasteiger partial charge in [-0.25, -0.2) is 9.59 Å². The topological polar surface area (TPSA) is 131 Å². The van der Waals surface area contributed by atoms with Crippen LogP contribution in [0.1, 0.15) is 19.3 Å². The molecule has 0 spiro atoms. The Hall–Kier alpha value is -2.09. The van der Waals surface area contributed by atoms with Crippen LogP contribution in [0.15, 0.2) is 12.7 Å². The molecule has 0 fully saturated rings. The first-order chi connectivity index (χ1) is 9.47. The van der Waals surface area contributed by atoms with Gasteiger partial charge in [-0.1, -0.05) is 6.08 Å². The highest BCUT2D eigenvalue weighted by atomic mass is 16.5. The third-order valence-electron chi connectivity index (χ3n) is 2.28. The predicted octanol–water partition coefficient (Wildman–Crippen LogP) is -0.403. The van der Waals surface area contributed by atoms with E-state index in [1.54, 1.807) is 6.08 Å². The molecule has 0 rings (SSSR count). The van der Waals surface area contributed by atoms with Crippen molar-refractivity contribution >= 4 is 17.9 Å². The Labute approximate surface area is 117 Å². The highest BCUT2D eigenvalue weighted by Crippen LogP contribution is 1.97. The van der Waals surface area contributed by atoms with Gasteiger partial charge in [0, 0.05) is 13.0 Å². The number of nitrogens with one attached hydrogen (secondary N) is 2. The maximum atomic E-state index is 11.4. The lowest BCUT2D eigenvalue weighted by Crippen LogP contribution is -2.47. The summed E-state index contributed by atoms with van der Waals surface area (Å²) < 4.78 is 5.16. The zero-order chi connectivity index (χ0) is 15.4. The van der Waals surface area contributed by atoms with Crippen LogP contribution in [0, 0.1) is 0 Å². The van der Waals surface area contributed by atoms with Crippen molar-refractivity contribution in [2.24, 2.45) is 5.73 Å². The number of rotatable bonds is 11. The highest BCUT2D eigenvalue weighted by molar-refractivity contribution is 5.83. The molecule has 1 atom stereocenters. The van der Waals surface area contributed by atoms with E-state index in [4.69, 9.17) is 15.6 Å². The number of nitrogens with two attached hydrogens (primary N) is 1. The molecule has 0 aromatic carbocycles. The third kappa shape index (κ3) is 9.89. The van der Waals surface area contributed by atoms with Crippen LogP contribution in [0.5, 0.6) is 0 Å². The second-order valence-corrected chi connectivity index (χ2v) is 3.99. The van der Waals surface area contributed by atoms with Crippen LogP contribution in [-0.2, 0) is 14.3 Å². The smallest absolute Gasteiger partial charge is 0.326 e. The van der Waals surface area contributed by atoms with Gasteiger partial charge in [-0.15, -0.1) is 6.58 Å². The van der Waals surface area contributed by atoms with E-state index in [0.29, 0.717) is 13.2 Å². The molecule has 0 saturated carbocycles. The van der Waals surface area contributed by atoms with Gasteiger partial charge in [0.25, 0.3) is 0 Å². The molecule has 0 aromatic rings. The molecule has 0 radical (unpaired) electrons. The average Bonchev–Trinajstić information content (AvgIpc) is 2.38. The Morgan fingerprint density at radius 3 is 2.60 bits per heavy atom. The summed E-state index contributed by atoms with van der Waals surface area (Å²) in [5.74, 6) is -1.84. The van der Waals surface area contributed by atoms with Gasteiger partial charge in [-0.3, -0.25) is 4.79 Å². The second-order valence-electron chi connectivity index (χ2n) is 3.99. The molecule has 5 N–H and O–H groups in total. The molecule has 3 amide bonds. The van der Waals surface area contributed by atoms with Gasteiger partial charge in [0.15, 0.2) is 0 Å². The van der Waals surface area contributed by atoms with Crippen molar-refractivity contribution in [1.29, 1.82) is 0 Å². The molecule has 1 unspecified atom stereocenters. The van der Waals surface area contributed by atoms with E-state index in [2.05, 4.69) is 17.2 Å². The fourth-order valence-electron chi connectivity index (χ4n) is 1.26. The largest absolute Gasteiger partial charge is 0.480 e. The molecule has 0 aliphatic carbocycles. The number of hydrogen-bond donors (Lipinski definition) is 4. The summed E-state index contributed by atoms with van der Waals surface area (Å²) in [5.41, 5.74) is 4.93. The van der Waals surface area contributed by atoms with E-state index in [1.807, 2.05) is 0 Å². The van der Waals surface area contributed by atoms with Crippen molar-refractivity contribution in [3.63, 3.8) is 0 Å². The van der Waals surface area contributed by atoms with Crippen molar-refractivity contribution in [2.75, 3.05) is 19.8 Å². The zero-order valence-corrected chi connectivity index (χ0v) is 11.3. The quantitative estimate of drug-likeness (QED) is 0.303. The Morgan fingerprint density at radius 1 is 1.35 bits per heavy atom. The van der Waals surface area contributed by atoms with Gasteiger partial charge >= 0.3 is 12.0 Å². The summed E-state index contributed by atoms with van der Waals surface area (Å²) >= 11 is 0. The number of carboxylic acid groups (broad SMARTS) is 1. The van der Waals surface area contributed by atoms with E-state index in [9.17, 15) is 14.4 Å². The van der Waals surface area contributed by atoms with Crippen LogP contribution in [0.25, 0.3) is 0 Å². The Bertz CT molecular complexity index is 346. The standard InChI is InChI=1S/C12H21N3O5/c1-2-3-7-20-8-6-14-12(19)15-9(11(17)18)4-5-10(13)16/h2,9H,1,3-8H2,(H2,13,16)(H,17,18)(H2,14,15,19). The maximum Gasteiger partial charge on any atom is 0.326 e. The van der Waals surface area contributed by atoms with Gasteiger partial charge in [0.2, 0.25) is 5.91 Å². The molecular formula is C12H21N3O5. The first-order valence-electron chi connectivity index (χ1n) is 6.21. The van der Waals surface area contributed by atoms with Gasteiger partial charge in [-0.05, 0) is 12.8 Å². The minimum atomic E-state index is -1.22. The number of carbonyl (C=O) groups is 3. The molecule has 0 saturated heterocycles. The first-order valence-corrected chi connectivity index (χ1v) is 6.21. The van der Waals surface area contributed by atoms with Crippen LogP contribution >= 0.6 is 0 Å². The molecule has 0 heterocycles. The van der Waals surface area contributed by atoms with Crippen LogP contribution in [-0.4, -0.2) is 48.8 Å². The number of ether oxygens (including phenoxy) is 1. The summed E-state index contributed by atoms with van der Waals surface area (Å²) in [6.07, 6.45) is 2.28.